The van der Waals surface area contributed by atoms with Gasteiger partial charge in [-0.15, -0.1) is 0 Å². The highest BCUT2D eigenvalue weighted by Crippen LogP contribution is 2.28. The van der Waals surface area contributed by atoms with Gasteiger partial charge < -0.3 is 10.5 Å². The van der Waals surface area contributed by atoms with Crippen molar-refractivity contribution in [3.8, 4) is 5.75 Å². The quantitative estimate of drug-likeness (QED) is 0.898. The zero-order chi connectivity index (χ0) is 13.8. The Kier molecular flexibility index (Phi) is 4.86. The summed E-state index contributed by atoms with van der Waals surface area (Å²) in [7, 11) is 1.66. The molecule has 0 aromatic heterocycles. The first-order valence-corrected chi connectivity index (χ1v) is 7.10. The lowest BCUT2D eigenvalue weighted by Gasteiger charge is -2.15. The lowest BCUT2D eigenvalue weighted by Crippen LogP contribution is -2.14. The SMILES string of the molecule is COc1cccc(CC(N)c2cc(Br)ccc2Cl)c1. The summed E-state index contributed by atoms with van der Waals surface area (Å²) >= 11 is 9.63. The third-order valence-electron chi connectivity index (χ3n) is 2.95. The van der Waals surface area contributed by atoms with E-state index >= 15 is 0 Å². The maximum absolute atomic E-state index is 6.24. The van der Waals surface area contributed by atoms with Crippen molar-refractivity contribution in [2.24, 2.45) is 5.73 Å². The van der Waals surface area contributed by atoms with E-state index in [2.05, 4.69) is 15.9 Å². The second-order valence-electron chi connectivity index (χ2n) is 4.33. The smallest absolute Gasteiger partial charge is 0.119 e. The Morgan fingerprint density at radius 3 is 2.79 bits per heavy atom. The monoisotopic (exact) mass is 339 g/mol. The van der Waals surface area contributed by atoms with Crippen molar-refractivity contribution in [2.75, 3.05) is 7.11 Å². The van der Waals surface area contributed by atoms with E-state index in [1.165, 1.54) is 0 Å². The molecule has 0 amide bonds. The number of rotatable bonds is 4. The van der Waals surface area contributed by atoms with Crippen LogP contribution in [-0.2, 0) is 6.42 Å². The first-order valence-electron chi connectivity index (χ1n) is 5.93. The van der Waals surface area contributed by atoms with E-state index in [4.69, 9.17) is 22.1 Å². The molecule has 19 heavy (non-hydrogen) atoms. The van der Waals surface area contributed by atoms with E-state index in [0.29, 0.717) is 11.4 Å². The van der Waals surface area contributed by atoms with Crippen LogP contribution in [0.15, 0.2) is 46.9 Å². The molecule has 100 valence electrons. The van der Waals surface area contributed by atoms with E-state index in [1.807, 2.05) is 42.5 Å². The van der Waals surface area contributed by atoms with Crippen molar-refractivity contribution in [1.82, 2.24) is 0 Å². The van der Waals surface area contributed by atoms with Crippen molar-refractivity contribution in [3.05, 3.63) is 63.1 Å². The molecule has 0 heterocycles. The number of methoxy groups -OCH3 is 1. The molecule has 1 unspecified atom stereocenters. The average Bonchev–Trinajstić information content (AvgIpc) is 2.41. The third kappa shape index (κ3) is 3.72. The molecule has 4 heteroatoms. The Bertz CT molecular complexity index is 574. The van der Waals surface area contributed by atoms with Crippen molar-refractivity contribution in [3.63, 3.8) is 0 Å². The summed E-state index contributed by atoms with van der Waals surface area (Å²) in [4.78, 5) is 0. The molecule has 0 spiro atoms. The van der Waals surface area contributed by atoms with Gasteiger partial charge in [0.05, 0.1) is 7.11 Å². The Labute approximate surface area is 126 Å². The summed E-state index contributed by atoms with van der Waals surface area (Å²) < 4.78 is 6.19. The molecule has 0 radical (unpaired) electrons. The van der Waals surface area contributed by atoms with E-state index in [1.54, 1.807) is 7.11 Å². The molecule has 0 aliphatic rings. The van der Waals surface area contributed by atoms with E-state index in [-0.39, 0.29) is 6.04 Å². The molecule has 0 fully saturated rings. The van der Waals surface area contributed by atoms with Gasteiger partial charge in [-0.25, -0.2) is 0 Å². The standard InChI is InChI=1S/C15H15BrClNO/c1-19-12-4-2-3-10(7-12)8-15(18)13-9-11(16)5-6-14(13)17/h2-7,9,15H,8,18H2,1H3. The maximum atomic E-state index is 6.24. The van der Waals surface area contributed by atoms with Crippen LogP contribution in [-0.4, -0.2) is 7.11 Å². The molecule has 0 aliphatic carbocycles. The first kappa shape index (κ1) is 14.4. The second kappa shape index (κ2) is 6.42. The van der Waals surface area contributed by atoms with Crippen LogP contribution in [0, 0.1) is 0 Å². The second-order valence-corrected chi connectivity index (χ2v) is 5.65. The molecule has 2 nitrogen and oxygen atoms in total. The van der Waals surface area contributed by atoms with Crippen molar-refractivity contribution >= 4 is 27.5 Å². The van der Waals surface area contributed by atoms with Crippen LogP contribution in [0.25, 0.3) is 0 Å². The van der Waals surface area contributed by atoms with Gasteiger partial charge in [-0.05, 0) is 47.9 Å². The van der Waals surface area contributed by atoms with Gasteiger partial charge >= 0.3 is 0 Å². The summed E-state index contributed by atoms with van der Waals surface area (Å²) in [6.45, 7) is 0. The van der Waals surface area contributed by atoms with Crippen LogP contribution in [0.5, 0.6) is 5.75 Å². The Morgan fingerprint density at radius 1 is 1.26 bits per heavy atom. The van der Waals surface area contributed by atoms with Crippen LogP contribution in [0.1, 0.15) is 17.2 Å². The lowest BCUT2D eigenvalue weighted by atomic mass is 9.99. The summed E-state index contributed by atoms with van der Waals surface area (Å²) in [6, 6.07) is 13.5. The number of nitrogens with two attached hydrogens (primary N) is 1. The van der Waals surface area contributed by atoms with Crippen molar-refractivity contribution < 1.29 is 4.74 Å². The number of halogens is 2. The predicted molar refractivity (Wildman–Crippen MR) is 82.8 cm³/mol. The maximum Gasteiger partial charge on any atom is 0.119 e. The van der Waals surface area contributed by atoms with Gasteiger partial charge in [0.2, 0.25) is 0 Å². The molecular weight excluding hydrogens is 326 g/mol. The van der Waals surface area contributed by atoms with Gasteiger partial charge in [0.25, 0.3) is 0 Å². The molecule has 1 atom stereocenters. The topological polar surface area (TPSA) is 35.2 Å². The fourth-order valence-electron chi connectivity index (χ4n) is 1.96. The van der Waals surface area contributed by atoms with Gasteiger partial charge in [-0.3, -0.25) is 0 Å². The summed E-state index contributed by atoms with van der Waals surface area (Å²) in [5.74, 6) is 0.838. The van der Waals surface area contributed by atoms with Crippen LogP contribution in [0.3, 0.4) is 0 Å². The highest BCUT2D eigenvalue weighted by molar-refractivity contribution is 9.10. The van der Waals surface area contributed by atoms with Crippen molar-refractivity contribution in [1.29, 1.82) is 0 Å². The number of ether oxygens (including phenoxy) is 1. The molecule has 0 saturated carbocycles. The molecule has 2 N–H and O–H groups in total. The minimum atomic E-state index is -0.142. The van der Waals surface area contributed by atoms with E-state index in [0.717, 1.165) is 21.3 Å². The Hall–Kier alpha value is -1.03. The van der Waals surface area contributed by atoms with Gasteiger partial charge in [-0.2, -0.15) is 0 Å². The molecular formula is C15H15BrClNO. The highest BCUT2D eigenvalue weighted by atomic mass is 79.9. The van der Waals surface area contributed by atoms with Crippen LogP contribution >= 0.6 is 27.5 Å². The first-order chi connectivity index (χ1) is 9.10. The minimum Gasteiger partial charge on any atom is -0.497 e. The fraction of sp³-hybridized carbons (Fsp3) is 0.200. The van der Waals surface area contributed by atoms with Crippen LogP contribution < -0.4 is 10.5 Å². The average molecular weight is 341 g/mol. The highest BCUT2D eigenvalue weighted by Gasteiger charge is 2.12. The van der Waals surface area contributed by atoms with Gasteiger partial charge in [0.15, 0.2) is 0 Å². The summed E-state index contributed by atoms with van der Waals surface area (Å²) in [5, 5.41) is 0.693. The molecule has 2 aromatic carbocycles. The molecule has 2 aromatic rings. The lowest BCUT2D eigenvalue weighted by molar-refractivity contribution is 0.414. The normalized spacial score (nSPS) is 12.2. The molecule has 0 saturated heterocycles. The Morgan fingerprint density at radius 2 is 2.05 bits per heavy atom. The predicted octanol–water partition coefficient (Wildman–Crippen LogP) is 4.35. The van der Waals surface area contributed by atoms with E-state index in [9.17, 15) is 0 Å². The summed E-state index contributed by atoms with van der Waals surface area (Å²) in [6.07, 6.45) is 0.716. The summed E-state index contributed by atoms with van der Waals surface area (Å²) in [5.41, 5.74) is 8.31. The van der Waals surface area contributed by atoms with Gasteiger partial charge in [-0.1, -0.05) is 39.7 Å². The molecule has 0 aliphatic heterocycles. The van der Waals surface area contributed by atoms with E-state index < -0.39 is 0 Å². The number of hydrogen-bond acceptors (Lipinski definition) is 2. The minimum absolute atomic E-state index is 0.142. The van der Waals surface area contributed by atoms with Crippen molar-refractivity contribution in [2.45, 2.75) is 12.5 Å². The van der Waals surface area contributed by atoms with Gasteiger partial charge in [0.1, 0.15) is 5.75 Å². The Balaban J connectivity index is 2.20. The fourth-order valence-corrected chi connectivity index (χ4v) is 2.60. The largest absolute Gasteiger partial charge is 0.497 e. The van der Waals surface area contributed by atoms with Crippen LogP contribution in [0.2, 0.25) is 5.02 Å². The third-order valence-corrected chi connectivity index (χ3v) is 3.78. The zero-order valence-corrected chi connectivity index (χ0v) is 12.9. The van der Waals surface area contributed by atoms with Gasteiger partial charge in [0, 0.05) is 15.5 Å². The number of hydrogen-bond donors (Lipinski definition) is 1. The molecule has 2 rings (SSSR count). The van der Waals surface area contributed by atoms with Crippen LogP contribution in [0.4, 0.5) is 0 Å². The zero-order valence-electron chi connectivity index (χ0n) is 10.6. The number of benzene rings is 2. The molecule has 0 bridgehead atoms.